The van der Waals surface area contributed by atoms with E-state index in [1.165, 1.54) is 4.57 Å². The third-order valence-electron chi connectivity index (χ3n) is 4.04. The summed E-state index contributed by atoms with van der Waals surface area (Å²) in [5.74, 6) is 0.706. The van der Waals surface area contributed by atoms with Crippen LogP contribution in [0.5, 0.6) is 11.6 Å². The van der Waals surface area contributed by atoms with Gasteiger partial charge >= 0.3 is 0 Å². The SMILES string of the molecule is O=C1CCc2cc(OCc3ccccc3)cc3cc(O)n1c23. The highest BCUT2D eigenvalue weighted by atomic mass is 16.5. The minimum Gasteiger partial charge on any atom is -0.494 e. The first-order valence-corrected chi connectivity index (χ1v) is 7.29. The van der Waals surface area contributed by atoms with Crippen LogP contribution in [0.3, 0.4) is 0 Å². The predicted molar refractivity (Wildman–Crippen MR) is 83.3 cm³/mol. The third kappa shape index (κ3) is 2.04. The van der Waals surface area contributed by atoms with Crippen molar-refractivity contribution in [3.05, 3.63) is 59.7 Å². The zero-order chi connectivity index (χ0) is 15.1. The summed E-state index contributed by atoms with van der Waals surface area (Å²) in [6.45, 7) is 0.497. The van der Waals surface area contributed by atoms with E-state index < -0.39 is 0 Å². The Morgan fingerprint density at radius 2 is 1.91 bits per heavy atom. The number of aryl methyl sites for hydroxylation is 1. The molecule has 0 unspecified atom stereocenters. The van der Waals surface area contributed by atoms with E-state index in [4.69, 9.17) is 4.74 Å². The molecule has 0 radical (unpaired) electrons. The molecule has 4 rings (SSSR count). The Kier molecular flexibility index (Phi) is 2.89. The van der Waals surface area contributed by atoms with Crippen LogP contribution in [0.25, 0.3) is 10.9 Å². The van der Waals surface area contributed by atoms with Gasteiger partial charge in [-0.05, 0) is 29.7 Å². The van der Waals surface area contributed by atoms with Crippen molar-refractivity contribution < 1.29 is 14.6 Å². The molecule has 3 aromatic rings. The maximum Gasteiger partial charge on any atom is 0.234 e. The largest absolute Gasteiger partial charge is 0.494 e. The van der Waals surface area contributed by atoms with Gasteiger partial charge in [-0.15, -0.1) is 0 Å². The Bertz CT molecular complexity index is 865. The van der Waals surface area contributed by atoms with Gasteiger partial charge in [0.25, 0.3) is 0 Å². The van der Waals surface area contributed by atoms with Gasteiger partial charge in [0.05, 0.1) is 5.52 Å². The number of carbonyl (C=O) groups excluding carboxylic acids is 1. The quantitative estimate of drug-likeness (QED) is 0.804. The first-order valence-electron chi connectivity index (χ1n) is 7.29. The first kappa shape index (κ1) is 13.0. The Hall–Kier alpha value is -2.75. The fourth-order valence-electron chi connectivity index (χ4n) is 3.01. The third-order valence-corrected chi connectivity index (χ3v) is 4.04. The van der Waals surface area contributed by atoms with Crippen LogP contribution in [0.2, 0.25) is 0 Å². The molecule has 1 aliphatic rings. The molecule has 0 fully saturated rings. The molecule has 110 valence electrons. The van der Waals surface area contributed by atoms with Crippen LogP contribution < -0.4 is 4.74 Å². The molecule has 0 amide bonds. The number of carbonyl (C=O) groups is 1. The highest BCUT2D eigenvalue weighted by molar-refractivity contribution is 5.99. The Labute approximate surface area is 127 Å². The van der Waals surface area contributed by atoms with Gasteiger partial charge < -0.3 is 9.84 Å². The monoisotopic (exact) mass is 293 g/mol. The van der Waals surface area contributed by atoms with Crippen molar-refractivity contribution in [2.24, 2.45) is 0 Å². The van der Waals surface area contributed by atoms with Crippen molar-refractivity contribution >= 4 is 16.8 Å². The molecule has 1 N–H and O–H groups in total. The fraction of sp³-hybridized carbons (Fsp3) is 0.167. The second kappa shape index (κ2) is 4.91. The van der Waals surface area contributed by atoms with E-state index in [0.29, 0.717) is 19.4 Å². The van der Waals surface area contributed by atoms with E-state index in [1.54, 1.807) is 6.07 Å². The number of hydrogen-bond acceptors (Lipinski definition) is 3. The number of rotatable bonds is 3. The van der Waals surface area contributed by atoms with Crippen LogP contribution in [0.4, 0.5) is 0 Å². The number of hydrogen-bond donors (Lipinski definition) is 1. The van der Waals surface area contributed by atoms with Crippen molar-refractivity contribution in [2.45, 2.75) is 19.4 Å². The molecule has 2 heterocycles. The summed E-state index contributed by atoms with van der Waals surface area (Å²) in [6.07, 6.45) is 1.09. The molecule has 2 aromatic carbocycles. The second-order valence-corrected chi connectivity index (χ2v) is 5.53. The molecule has 0 atom stereocenters. The lowest BCUT2D eigenvalue weighted by atomic mass is 10.0. The van der Waals surface area contributed by atoms with Gasteiger partial charge in [0.1, 0.15) is 12.4 Å². The van der Waals surface area contributed by atoms with E-state index in [1.807, 2.05) is 42.5 Å². The van der Waals surface area contributed by atoms with Crippen molar-refractivity contribution in [2.75, 3.05) is 0 Å². The molecule has 22 heavy (non-hydrogen) atoms. The number of aromatic nitrogens is 1. The molecule has 4 heteroatoms. The topological polar surface area (TPSA) is 51.5 Å². The number of ether oxygens (including phenoxy) is 1. The Balaban J connectivity index is 1.71. The summed E-state index contributed by atoms with van der Waals surface area (Å²) < 4.78 is 7.26. The molecule has 0 aliphatic carbocycles. The van der Waals surface area contributed by atoms with Gasteiger partial charge in [-0.25, -0.2) is 0 Å². The standard InChI is InChI=1S/C18H15NO3/c20-16-7-6-13-8-15(22-11-12-4-2-1-3-5-12)9-14-10-17(21)19(16)18(13)14/h1-5,8-10,21H,6-7,11H2. The molecule has 0 saturated heterocycles. The fourth-order valence-corrected chi connectivity index (χ4v) is 3.01. The van der Waals surface area contributed by atoms with Gasteiger partial charge in [0.2, 0.25) is 5.91 Å². The summed E-state index contributed by atoms with van der Waals surface area (Å²) in [6, 6.07) is 15.4. The first-order chi connectivity index (χ1) is 10.7. The Morgan fingerprint density at radius 3 is 2.73 bits per heavy atom. The number of nitrogens with zero attached hydrogens (tertiary/aromatic N) is 1. The summed E-state index contributed by atoms with van der Waals surface area (Å²) in [5.41, 5.74) is 2.95. The van der Waals surface area contributed by atoms with Crippen molar-refractivity contribution in [3.63, 3.8) is 0 Å². The maximum atomic E-state index is 11.9. The van der Waals surface area contributed by atoms with Crippen LogP contribution in [-0.2, 0) is 13.0 Å². The number of aromatic hydroxyl groups is 1. The lowest BCUT2D eigenvalue weighted by Gasteiger charge is -2.16. The zero-order valence-corrected chi connectivity index (χ0v) is 12.0. The van der Waals surface area contributed by atoms with E-state index in [2.05, 4.69) is 0 Å². The summed E-state index contributed by atoms with van der Waals surface area (Å²) >= 11 is 0. The second-order valence-electron chi connectivity index (χ2n) is 5.53. The molecule has 0 bridgehead atoms. The van der Waals surface area contributed by atoms with Gasteiger partial charge in [0.15, 0.2) is 5.88 Å². The highest BCUT2D eigenvalue weighted by Gasteiger charge is 2.23. The van der Waals surface area contributed by atoms with Crippen LogP contribution in [0.1, 0.15) is 22.3 Å². The van der Waals surface area contributed by atoms with Gasteiger partial charge in [-0.3, -0.25) is 9.36 Å². The smallest absolute Gasteiger partial charge is 0.234 e. The highest BCUT2D eigenvalue weighted by Crippen LogP contribution is 2.35. The van der Waals surface area contributed by atoms with E-state index in [0.717, 1.165) is 27.8 Å². The Morgan fingerprint density at radius 1 is 1.09 bits per heavy atom. The van der Waals surface area contributed by atoms with Crippen LogP contribution in [0, 0.1) is 0 Å². The summed E-state index contributed by atoms with van der Waals surface area (Å²) in [4.78, 5) is 11.9. The van der Waals surface area contributed by atoms with Gasteiger partial charge in [-0.1, -0.05) is 30.3 Å². The normalized spacial score (nSPS) is 13.5. The minimum atomic E-state index is -0.0575. The minimum absolute atomic E-state index is 0.00107. The lowest BCUT2D eigenvalue weighted by Crippen LogP contribution is -2.16. The average molecular weight is 293 g/mol. The van der Waals surface area contributed by atoms with Crippen LogP contribution >= 0.6 is 0 Å². The molecular weight excluding hydrogens is 278 g/mol. The van der Waals surface area contributed by atoms with Crippen molar-refractivity contribution in [1.82, 2.24) is 4.57 Å². The summed E-state index contributed by atoms with van der Waals surface area (Å²) in [5, 5.41) is 10.8. The molecule has 0 saturated carbocycles. The molecule has 0 spiro atoms. The zero-order valence-electron chi connectivity index (χ0n) is 12.0. The van der Waals surface area contributed by atoms with E-state index in [9.17, 15) is 9.90 Å². The predicted octanol–water partition coefficient (Wildman–Crippen LogP) is 3.51. The van der Waals surface area contributed by atoms with E-state index in [-0.39, 0.29) is 11.8 Å². The molecular formula is C18H15NO3. The van der Waals surface area contributed by atoms with Gasteiger partial charge in [-0.2, -0.15) is 0 Å². The van der Waals surface area contributed by atoms with Crippen LogP contribution in [0.15, 0.2) is 48.5 Å². The van der Waals surface area contributed by atoms with Gasteiger partial charge in [0, 0.05) is 17.9 Å². The molecule has 1 aromatic heterocycles. The van der Waals surface area contributed by atoms with Crippen LogP contribution in [-0.4, -0.2) is 15.6 Å². The van der Waals surface area contributed by atoms with Crippen molar-refractivity contribution in [3.8, 4) is 11.6 Å². The van der Waals surface area contributed by atoms with E-state index >= 15 is 0 Å². The molecule has 4 nitrogen and oxygen atoms in total. The average Bonchev–Trinajstić information content (AvgIpc) is 2.87. The van der Waals surface area contributed by atoms with Crippen molar-refractivity contribution in [1.29, 1.82) is 0 Å². The maximum absolute atomic E-state index is 11.9. The summed E-state index contributed by atoms with van der Waals surface area (Å²) in [7, 11) is 0. The molecule has 1 aliphatic heterocycles. The number of benzene rings is 2. The lowest BCUT2D eigenvalue weighted by molar-refractivity contribution is 0.0894.